The number of nitrogens with zero attached hydrogens (tertiary/aromatic N) is 3. The van der Waals surface area contributed by atoms with E-state index < -0.39 is 26.6 Å². The van der Waals surface area contributed by atoms with Crippen LogP contribution in [0.1, 0.15) is 17.5 Å². The van der Waals surface area contributed by atoms with Gasteiger partial charge in [-0.25, -0.2) is 13.2 Å². The van der Waals surface area contributed by atoms with Gasteiger partial charge < -0.3 is 15.1 Å². The summed E-state index contributed by atoms with van der Waals surface area (Å²) >= 11 is 2.19. The zero-order valence-corrected chi connectivity index (χ0v) is 23.0. The second-order valence-corrected chi connectivity index (χ2v) is 12.3. The van der Waals surface area contributed by atoms with Gasteiger partial charge in [0.2, 0.25) is 14.7 Å². The molecule has 1 N–H and O–H groups in total. The molecule has 0 radical (unpaired) electrons. The van der Waals surface area contributed by atoms with Crippen molar-refractivity contribution < 1.29 is 18.0 Å². The average molecular weight is 611 g/mol. The van der Waals surface area contributed by atoms with Crippen molar-refractivity contribution >= 4 is 50.1 Å². The Kier molecular flexibility index (Phi) is 7.60. The summed E-state index contributed by atoms with van der Waals surface area (Å²) in [5.74, 6) is -0.534. The highest BCUT2D eigenvalue weighted by molar-refractivity contribution is 14.1. The number of nitrogens with one attached hydrogen (secondary N) is 1. The quantitative estimate of drug-likeness (QED) is 0.385. The molecule has 2 saturated heterocycles. The average Bonchev–Trinajstić information content (AvgIpc) is 3.21. The van der Waals surface area contributed by atoms with Gasteiger partial charge in [0.15, 0.2) is 0 Å². The number of anilines is 1. The SMILES string of the molecule is Cc1ccc(C)c(N2CCN(C(=O)C3(S(=O)(=O)c4ccccc4)CNC(=O)N3CCCI)CC2)c1. The first kappa shape index (κ1) is 25.7. The first-order chi connectivity index (χ1) is 16.7. The summed E-state index contributed by atoms with van der Waals surface area (Å²) in [6.45, 7) is 5.98. The number of amides is 3. The van der Waals surface area contributed by atoms with E-state index in [0.717, 1.165) is 15.7 Å². The molecule has 2 heterocycles. The number of hydrogen-bond donors (Lipinski definition) is 1. The van der Waals surface area contributed by atoms with Crippen LogP contribution >= 0.6 is 22.6 Å². The third kappa shape index (κ3) is 4.62. The van der Waals surface area contributed by atoms with E-state index in [1.54, 1.807) is 23.1 Å². The van der Waals surface area contributed by atoms with Crippen molar-refractivity contribution in [3.05, 3.63) is 59.7 Å². The number of carbonyl (C=O) groups excluding carboxylic acids is 2. The van der Waals surface area contributed by atoms with Crippen molar-refractivity contribution in [1.29, 1.82) is 0 Å². The zero-order valence-electron chi connectivity index (χ0n) is 20.0. The van der Waals surface area contributed by atoms with Crippen molar-refractivity contribution in [3.8, 4) is 0 Å². The van der Waals surface area contributed by atoms with Gasteiger partial charge in [-0.1, -0.05) is 52.9 Å². The standard InChI is InChI=1S/C25H31IN4O4S/c1-19-9-10-20(2)22(17-19)28-13-15-29(16-14-28)23(31)25(18-27-24(32)30(25)12-6-11-26)35(33,34)21-7-4-3-5-8-21/h3-5,7-10,17H,6,11-16,18H2,1-2H3,(H,27,32). The topological polar surface area (TPSA) is 90.0 Å². The lowest BCUT2D eigenvalue weighted by Gasteiger charge is -2.42. The number of rotatable bonds is 7. The molecule has 8 nitrogen and oxygen atoms in total. The maximum absolute atomic E-state index is 14.1. The molecule has 2 aromatic rings. The van der Waals surface area contributed by atoms with Gasteiger partial charge >= 0.3 is 6.03 Å². The highest BCUT2D eigenvalue weighted by atomic mass is 127. The van der Waals surface area contributed by atoms with E-state index in [-0.39, 0.29) is 18.0 Å². The largest absolute Gasteiger partial charge is 0.368 e. The molecular formula is C25H31IN4O4S. The molecule has 2 fully saturated rings. The minimum atomic E-state index is -4.20. The Balaban J connectivity index is 1.67. The fourth-order valence-electron chi connectivity index (χ4n) is 4.85. The molecule has 3 amide bonds. The van der Waals surface area contributed by atoms with E-state index in [9.17, 15) is 18.0 Å². The molecule has 1 unspecified atom stereocenters. The van der Waals surface area contributed by atoms with Gasteiger partial charge in [-0.3, -0.25) is 9.69 Å². The second-order valence-electron chi connectivity index (χ2n) is 9.02. The van der Waals surface area contributed by atoms with Crippen molar-refractivity contribution in [2.75, 3.05) is 48.6 Å². The van der Waals surface area contributed by atoms with Gasteiger partial charge in [-0.05, 0) is 49.6 Å². The van der Waals surface area contributed by atoms with Crippen molar-refractivity contribution in [2.24, 2.45) is 0 Å². The fourth-order valence-corrected chi connectivity index (χ4v) is 7.18. The fraction of sp³-hybridized carbons (Fsp3) is 0.440. The lowest BCUT2D eigenvalue weighted by Crippen LogP contribution is -2.65. The number of urea groups is 1. The van der Waals surface area contributed by atoms with E-state index in [2.05, 4.69) is 64.9 Å². The van der Waals surface area contributed by atoms with Crippen LogP contribution in [0.3, 0.4) is 0 Å². The van der Waals surface area contributed by atoms with Crippen LogP contribution in [0.15, 0.2) is 53.4 Å². The maximum atomic E-state index is 14.1. The van der Waals surface area contributed by atoms with Crippen LogP contribution in [0.25, 0.3) is 0 Å². The molecule has 0 bridgehead atoms. The Labute approximate surface area is 220 Å². The molecule has 1 atom stereocenters. The minimum Gasteiger partial charge on any atom is -0.368 e. The molecule has 188 valence electrons. The van der Waals surface area contributed by atoms with E-state index in [1.165, 1.54) is 22.6 Å². The maximum Gasteiger partial charge on any atom is 0.319 e. The molecule has 2 aliphatic heterocycles. The van der Waals surface area contributed by atoms with Crippen molar-refractivity contribution in [2.45, 2.75) is 30.0 Å². The molecule has 0 spiro atoms. The van der Waals surface area contributed by atoms with Crippen LogP contribution < -0.4 is 10.2 Å². The van der Waals surface area contributed by atoms with E-state index in [1.807, 2.05) is 0 Å². The third-order valence-corrected chi connectivity index (χ3v) is 9.86. The number of piperazine rings is 1. The predicted molar refractivity (Wildman–Crippen MR) is 145 cm³/mol. The molecule has 2 aromatic carbocycles. The predicted octanol–water partition coefficient (Wildman–Crippen LogP) is 2.97. The number of carbonyl (C=O) groups is 2. The summed E-state index contributed by atoms with van der Waals surface area (Å²) in [5, 5.41) is 2.66. The number of hydrogen-bond acceptors (Lipinski definition) is 5. The summed E-state index contributed by atoms with van der Waals surface area (Å²) in [5.41, 5.74) is 3.46. The van der Waals surface area contributed by atoms with Gasteiger partial charge in [-0.2, -0.15) is 0 Å². The molecule has 35 heavy (non-hydrogen) atoms. The van der Waals surface area contributed by atoms with Crippen LogP contribution in [-0.2, 0) is 14.6 Å². The zero-order chi connectivity index (χ0) is 25.2. The summed E-state index contributed by atoms with van der Waals surface area (Å²) in [7, 11) is -4.20. The number of aryl methyl sites for hydroxylation is 2. The Morgan fingerprint density at radius 3 is 2.40 bits per heavy atom. The Hall–Kier alpha value is -2.34. The van der Waals surface area contributed by atoms with E-state index >= 15 is 0 Å². The van der Waals surface area contributed by atoms with E-state index in [0.29, 0.717) is 32.6 Å². The van der Waals surface area contributed by atoms with Crippen LogP contribution in [0.2, 0.25) is 0 Å². The molecule has 2 aliphatic rings. The molecule has 0 aliphatic carbocycles. The smallest absolute Gasteiger partial charge is 0.319 e. The summed E-state index contributed by atoms with van der Waals surface area (Å²) in [6, 6.07) is 13.8. The van der Waals surface area contributed by atoms with Crippen LogP contribution in [0.5, 0.6) is 0 Å². The monoisotopic (exact) mass is 610 g/mol. The van der Waals surface area contributed by atoms with Crippen molar-refractivity contribution in [3.63, 3.8) is 0 Å². The third-order valence-electron chi connectivity index (χ3n) is 6.78. The van der Waals surface area contributed by atoms with Gasteiger partial charge in [0.25, 0.3) is 5.91 Å². The lowest BCUT2D eigenvalue weighted by molar-refractivity contribution is -0.137. The first-order valence-corrected chi connectivity index (χ1v) is 14.8. The Morgan fingerprint density at radius 2 is 1.74 bits per heavy atom. The number of halogens is 1. The van der Waals surface area contributed by atoms with E-state index in [4.69, 9.17) is 0 Å². The number of sulfone groups is 1. The summed E-state index contributed by atoms with van der Waals surface area (Å²) in [6.07, 6.45) is 0.591. The highest BCUT2D eigenvalue weighted by Gasteiger charge is 2.62. The van der Waals surface area contributed by atoms with Gasteiger partial charge in [0, 0.05) is 42.8 Å². The van der Waals surface area contributed by atoms with Crippen LogP contribution in [0, 0.1) is 13.8 Å². The minimum absolute atomic E-state index is 0.0401. The second kappa shape index (κ2) is 10.3. The lowest BCUT2D eigenvalue weighted by atomic mass is 10.1. The molecule has 0 aromatic heterocycles. The first-order valence-electron chi connectivity index (χ1n) is 11.7. The normalized spacial score (nSPS) is 20.8. The molecular weight excluding hydrogens is 579 g/mol. The number of alkyl halides is 1. The van der Waals surface area contributed by atoms with Crippen molar-refractivity contribution in [1.82, 2.24) is 15.1 Å². The Bertz CT molecular complexity index is 1200. The summed E-state index contributed by atoms with van der Waals surface area (Å²) < 4.78 is 28.8. The van der Waals surface area contributed by atoms with Crippen LogP contribution in [-0.4, -0.2) is 78.7 Å². The van der Waals surface area contributed by atoms with Crippen LogP contribution in [0.4, 0.5) is 10.5 Å². The molecule has 10 heteroatoms. The van der Waals surface area contributed by atoms with Gasteiger partial charge in [-0.15, -0.1) is 0 Å². The Morgan fingerprint density at radius 1 is 1.06 bits per heavy atom. The molecule has 4 rings (SSSR count). The summed E-state index contributed by atoms with van der Waals surface area (Å²) in [4.78, 5) is 30.1. The molecule has 0 saturated carbocycles. The van der Waals surface area contributed by atoms with Gasteiger partial charge in [0.05, 0.1) is 11.4 Å². The number of benzene rings is 2. The van der Waals surface area contributed by atoms with Gasteiger partial charge in [0.1, 0.15) is 0 Å². The highest BCUT2D eigenvalue weighted by Crippen LogP contribution is 2.35.